The molecule has 1 aromatic heterocycles. The molecule has 1 aliphatic rings. The second kappa shape index (κ2) is 12.4. The van der Waals surface area contributed by atoms with Gasteiger partial charge in [-0.3, -0.25) is 9.58 Å². The SMILES string of the molecule is CCNC(=NCc1ccc(CN2CCC(C)CC2)cc1)NCc1c(C)nn(C)c1C.I. The number of aryl methyl sites for hydroxylation is 2. The van der Waals surface area contributed by atoms with Gasteiger partial charge in [-0.1, -0.05) is 31.2 Å². The third-order valence-electron chi connectivity index (χ3n) is 6.16. The Hall–Kier alpha value is -1.61. The van der Waals surface area contributed by atoms with E-state index >= 15 is 0 Å². The molecule has 2 N–H and O–H groups in total. The van der Waals surface area contributed by atoms with Crippen LogP contribution in [0.15, 0.2) is 29.3 Å². The van der Waals surface area contributed by atoms with Gasteiger partial charge in [-0.05, 0) is 63.7 Å². The topological polar surface area (TPSA) is 57.5 Å². The summed E-state index contributed by atoms with van der Waals surface area (Å²) in [7, 11) is 1.99. The first-order valence-electron chi connectivity index (χ1n) is 11.3. The molecule has 0 amide bonds. The van der Waals surface area contributed by atoms with E-state index in [2.05, 4.69) is 72.6 Å². The van der Waals surface area contributed by atoms with Crippen LogP contribution in [0.4, 0.5) is 0 Å². The molecule has 0 aliphatic carbocycles. The van der Waals surface area contributed by atoms with Crippen LogP contribution >= 0.6 is 24.0 Å². The van der Waals surface area contributed by atoms with E-state index in [1.54, 1.807) is 0 Å². The molecule has 1 fully saturated rings. The highest BCUT2D eigenvalue weighted by molar-refractivity contribution is 14.0. The minimum absolute atomic E-state index is 0. The van der Waals surface area contributed by atoms with Crippen molar-refractivity contribution in [2.75, 3.05) is 19.6 Å². The predicted octanol–water partition coefficient (Wildman–Crippen LogP) is 4.14. The Morgan fingerprint density at radius 2 is 1.74 bits per heavy atom. The third-order valence-corrected chi connectivity index (χ3v) is 6.16. The number of likely N-dealkylation sites (tertiary alicyclic amines) is 1. The number of nitrogens with zero attached hydrogens (tertiary/aromatic N) is 4. The molecule has 1 saturated heterocycles. The number of benzene rings is 1. The molecule has 0 atom stereocenters. The zero-order valence-corrected chi connectivity index (χ0v) is 22.1. The maximum absolute atomic E-state index is 4.78. The Morgan fingerprint density at radius 3 is 2.32 bits per heavy atom. The fraction of sp³-hybridized carbons (Fsp3) is 0.583. The van der Waals surface area contributed by atoms with E-state index in [0.717, 1.165) is 37.2 Å². The molecule has 0 saturated carbocycles. The van der Waals surface area contributed by atoms with Crippen LogP contribution in [0.3, 0.4) is 0 Å². The molecular formula is C24H39IN6. The molecule has 31 heavy (non-hydrogen) atoms. The number of guanidine groups is 1. The van der Waals surface area contributed by atoms with Crippen molar-refractivity contribution >= 4 is 29.9 Å². The fourth-order valence-corrected chi connectivity index (χ4v) is 3.99. The van der Waals surface area contributed by atoms with Gasteiger partial charge in [0.15, 0.2) is 5.96 Å². The minimum Gasteiger partial charge on any atom is -0.357 e. The second-order valence-corrected chi connectivity index (χ2v) is 8.60. The van der Waals surface area contributed by atoms with Crippen LogP contribution in [0.25, 0.3) is 0 Å². The molecule has 172 valence electrons. The van der Waals surface area contributed by atoms with E-state index < -0.39 is 0 Å². The molecule has 1 aromatic carbocycles. The van der Waals surface area contributed by atoms with Crippen LogP contribution in [0.2, 0.25) is 0 Å². The number of rotatable bonds is 7. The lowest BCUT2D eigenvalue weighted by molar-refractivity contribution is 0.185. The Morgan fingerprint density at radius 1 is 1.10 bits per heavy atom. The smallest absolute Gasteiger partial charge is 0.191 e. The number of hydrogen-bond donors (Lipinski definition) is 2. The zero-order chi connectivity index (χ0) is 21.5. The van der Waals surface area contributed by atoms with E-state index in [1.807, 2.05) is 11.7 Å². The van der Waals surface area contributed by atoms with Gasteiger partial charge < -0.3 is 10.6 Å². The summed E-state index contributed by atoms with van der Waals surface area (Å²) in [6.07, 6.45) is 2.65. The van der Waals surface area contributed by atoms with Crippen LogP contribution in [0.5, 0.6) is 0 Å². The van der Waals surface area contributed by atoms with E-state index in [4.69, 9.17) is 4.99 Å². The summed E-state index contributed by atoms with van der Waals surface area (Å²) in [4.78, 5) is 7.35. The molecule has 0 spiro atoms. The predicted molar refractivity (Wildman–Crippen MR) is 140 cm³/mol. The lowest BCUT2D eigenvalue weighted by Gasteiger charge is -2.30. The van der Waals surface area contributed by atoms with Gasteiger partial charge in [0.25, 0.3) is 0 Å². The first-order valence-corrected chi connectivity index (χ1v) is 11.3. The molecule has 6 nitrogen and oxygen atoms in total. The van der Waals surface area contributed by atoms with E-state index in [0.29, 0.717) is 6.54 Å². The van der Waals surface area contributed by atoms with Crippen LogP contribution in [-0.2, 0) is 26.7 Å². The third kappa shape index (κ3) is 7.49. The van der Waals surface area contributed by atoms with Crippen molar-refractivity contribution < 1.29 is 0 Å². The largest absolute Gasteiger partial charge is 0.357 e. The van der Waals surface area contributed by atoms with Crippen LogP contribution in [0, 0.1) is 19.8 Å². The fourth-order valence-electron chi connectivity index (χ4n) is 3.99. The van der Waals surface area contributed by atoms with Crippen molar-refractivity contribution in [3.63, 3.8) is 0 Å². The molecule has 0 unspecified atom stereocenters. The summed E-state index contributed by atoms with van der Waals surface area (Å²) in [5.41, 5.74) is 6.12. The van der Waals surface area contributed by atoms with Crippen molar-refractivity contribution in [1.29, 1.82) is 0 Å². The van der Waals surface area contributed by atoms with Gasteiger partial charge in [-0.25, -0.2) is 4.99 Å². The average Bonchev–Trinajstić information content (AvgIpc) is 2.98. The molecular weight excluding hydrogens is 499 g/mol. The van der Waals surface area contributed by atoms with Crippen molar-refractivity contribution in [3.05, 3.63) is 52.3 Å². The summed E-state index contributed by atoms with van der Waals surface area (Å²) >= 11 is 0. The lowest BCUT2D eigenvalue weighted by atomic mass is 9.99. The minimum atomic E-state index is 0. The quantitative estimate of drug-likeness (QED) is 0.316. The summed E-state index contributed by atoms with van der Waals surface area (Å²) in [5.74, 6) is 1.72. The maximum Gasteiger partial charge on any atom is 0.191 e. The van der Waals surface area contributed by atoms with Crippen molar-refractivity contribution in [3.8, 4) is 0 Å². The van der Waals surface area contributed by atoms with Gasteiger partial charge in [0.05, 0.1) is 12.2 Å². The van der Waals surface area contributed by atoms with Crippen molar-refractivity contribution in [1.82, 2.24) is 25.3 Å². The molecule has 2 aromatic rings. The molecule has 2 heterocycles. The van der Waals surface area contributed by atoms with Crippen LogP contribution in [-0.4, -0.2) is 40.3 Å². The normalized spacial score (nSPS) is 15.6. The Kier molecular flexibility index (Phi) is 10.3. The summed E-state index contributed by atoms with van der Waals surface area (Å²) < 4.78 is 1.93. The van der Waals surface area contributed by atoms with Crippen molar-refractivity contribution in [2.45, 2.75) is 60.2 Å². The Bertz CT molecular complexity index is 834. The molecule has 0 radical (unpaired) electrons. The molecule has 3 rings (SSSR count). The van der Waals surface area contributed by atoms with Crippen LogP contribution in [0.1, 0.15) is 54.8 Å². The molecule has 1 aliphatic heterocycles. The average molecular weight is 539 g/mol. The van der Waals surface area contributed by atoms with Gasteiger partial charge in [0, 0.05) is 37.9 Å². The Balaban J connectivity index is 0.00000341. The maximum atomic E-state index is 4.78. The van der Waals surface area contributed by atoms with E-state index in [-0.39, 0.29) is 24.0 Å². The number of nitrogens with one attached hydrogen (secondary N) is 2. The monoisotopic (exact) mass is 538 g/mol. The molecule has 7 heteroatoms. The summed E-state index contributed by atoms with van der Waals surface area (Å²) in [6, 6.07) is 8.94. The van der Waals surface area contributed by atoms with Crippen molar-refractivity contribution in [2.24, 2.45) is 18.0 Å². The number of aromatic nitrogens is 2. The first-order chi connectivity index (χ1) is 14.5. The van der Waals surface area contributed by atoms with Gasteiger partial charge in [0.2, 0.25) is 0 Å². The zero-order valence-electron chi connectivity index (χ0n) is 19.7. The summed E-state index contributed by atoms with van der Waals surface area (Å²) in [6.45, 7) is 14.4. The highest BCUT2D eigenvalue weighted by atomic mass is 127. The number of piperidine rings is 1. The van der Waals surface area contributed by atoms with Gasteiger partial charge in [0.1, 0.15) is 0 Å². The van der Waals surface area contributed by atoms with Gasteiger partial charge in [-0.15, -0.1) is 24.0 Å². The second-order valence-electron chi connectivity index (χ2n) is 8.60. The highest BCUT2D eigenvalue weighted by Crippen LogP contribution is 2.18. The molecule has 0 bridgehead atoms. The summed E-state index contributed by atoms with van der Waals surface area (Å²) in [5, 5.41) is 11.3. The van der Waals surface area contributed by atoms with Gasteiger partial charge in [-0.2, -0.15) is 5.10 Å². The number of halogens is 1. The number of hydrogen-bond acceptors (Lipinski definition) is 3. The van der Waals surface area contributed by atoms with E-state index in [9.17, 15) is 0 Å². The highest BCUT2D eigenvalue weighted by Gasteiger charge is 2.15. The first kappa shape index (κ1) is 25.6. The van der Waals surface area contributed by atoms with E-state index in [1.165, 1.54) is 48.3 Å². The standard InChI is InChI=1S/C24H38N6.HI/c1-6-25-24(27-16-23-19(3)28-29(5)20(23)4)26-15-21-7-9-22(10-8-21)17-30-13-11-18(2)12-14-30;/h7-10,18H,6,11-17H2,1-5H3,(H2,25,26,27);1H. The Labute approximate surface area is 204 Å². The number of aliphatic imine (C=N–C) groups is 1. The van der Waals surface area contributed by atoms with Gasteiger partial charge >= 0.3 is 0 Å². The lowest BCUT2D eigenvalue weighted by Crippen LogP contribution is -2.37. The van der Waals surface area contributed by atoms with Crippen LogP contribution < -0.4 is 10.6 Å².